The third-order valence-corrected chi connectivity index (χ3v) is 2.02. The molecule has 1 aromatic rings. The topological polar surface area (TPSA) is 52.0 Å². The molecule has 0 radical (unpaired) electrons. The highest BCUT2D eigenvalue weighted by molar-refractivity contribution is 4.84. The average molecular weight is 252 g/mol. The van der Waals surface area contributed by atoms with E-state index in [2.05, 4.69) is 20.3 Å². The lowest BCUT2D eigenvalue weighted by Gasteiger charge is -2.08. The van der Waals surface area contributed by atoms with Gasteiger partial charge in [-0.05, 0) is 0 Å². The Morgan fingerprint density at radius 2 is 2.18 bits per heavy atom. The van der Waals surface area contributed by atoms with Gasteiger partial charge in [0.15, 0.2) is 0 Å². The maximum Gasteiger partial charge on any atom is 0.411 e. The van der Waals surface area contributed by atoms with Gasteiger partial charge in [-0.15, -0.1) is 10.2 Å². The molecule has 0 atom stereocenters. The van der Waals surface area contributed by atoms with Crippen LogP contribution < -0.4 is 5.32 Å². The van der Waals surface area contributed by atoms with Crippen molar-refractivity contribution < 1.29 is 17.9 Å². The van der Waals surface area contributed by atoms with Gasteiger partial charge in [0.05, 0.1) is 6.61 Å². The van der Waals surface area contributed by atoms with Crippen molar-refractivity contribution in [2.24, 2.45) is 7.05 Å². The van der Waals surface area contributed by atoms with Crippen molar-refractivity contribution in [1.29, 1.82) is 0 Å². The minimum Gasteiger partial charge on any atom is -0.371 e. The standard InChI is InChI=1S/C9H15F3N4O/c1-16-7-14-15-8(16)2-3-13-4-5-17-6-9(10,11)12/h7,13H,2-6H2,1H3. The quantitative estimate of drug-likeness (QED) is 0.719. The van der Waals surface area contributed by atoms with Crippen LogP contribution in [0.1, 0.15) is 5.82 Å². The highest BCUT2D eigenvalue weighted by Gasteiger charge is 2.27. The fourth-order valence-electron chi connectivity index (χ4n) is 1.19. The van der Waals surface area contributed by atoms with Crippen molar-refractivity contribution >= 4 is 0 Å². The van der Waals surface area contributed by atoms with E-state index in [1.165, 1.54) is 0 Å². The molecule has 17 heavy (non-hydrogen) atoms. The summed E-state index contributed by atoms with van der Waals surface area (Å²) in [6.07, 6.45) is -1.98. The van der Waals surface area contributed by atoms with Crippen molar-refractivity contribution in [3.05, 3.63) is 12.2 Å². The SMILES string of the molecule is Cn1cnnc1CCNCCOCC(F)(F)F. The van der Waals surface area contributed by atoms with E-state index in [4.69, 9.17) is 0 Å². The number of nitrogens with one attached hydrogen (secondary N) is 1. The second-order valence-electron chi connectivity index (χ2n) is 3.53. The molecule has 0 bridgehead atoms. The Morgan fingerprint density at radius 3 is 2.76 bits per heavy atom. The smallest absolute Gasteiger partial charge is 0.371 e. The zero-order valence-corrected chi connectivity index (χ0v) is 9.50. The first-order valence-electron chi connectivity index (χ1n) is 5.17. The molecule has 98 valence electrons. The molecule has 0 aliphatic rings. The van der Waals surface area contributed by atoms with E-state index >= 15 is 0 Å². The van der Waals surface area contributed by atoms with Crippen LogP contribution in [0.5, 0.6) is 0 Å². The Labute approximate surface area is 97.0 Å². The number of hydrogen-bond donors (Lipinski definition) is 1. The monoisotopic (exact) mass is 252 g/mol. The number of rotatable bonds is 7. The molecule has 5 nitrogen and oxygen atoms in total. The van der Waals surface area contributed by atoms with Crippen LogP contribution in [0.15, 0.2) is 6.33 Å². The lowest BCUT2D eigenvalue weighted by Crippen LogP contribution is -2.25. The van der Waals surface area contributed by atoms with E-state index in [9.17, 15) is 13.2 Å². The van der Waals surface area contributed by atoms with Gasteiger partial charge in [0, 0.05) is 26.6 Å². The van der Waals surface area contributed by atoms with Crippen LogP contribution in [0.2, 0.25) is 0 Å². The zero-order valence-electron chi connectivity index (χ0n) is 9.50. The van der Waals surface area contributed by atoms with E-state index in [0.29, 0.717) is 19.5 Å². The van der Waals surface area contributed by atoms with Crippen molar-refractivity contribution in [3.63, 3.8) is 0 Å². The molecule has 1 N–H and O–H groups in total. The molecule has 0 aliphatic carbocycles. The van der Waals surface area contributed by atoms with Crippen LogP contribution in [-0.4, -0.2) is 47.2 Å². The van der Waals surface area contributed by atoms with Gasteiger partial charge < -0.3 is 14.6 Å². The average Bonchev–Trinajstić information content (AvgIpc) is 2.61. The fourth-order valence-corrected chi connectivity index (χ4v) is 1.19. The molecule has 1 rings (SSSR count). The van der Waals surface area contributed by atoms with Crippen molar-refractivity contribution in [2.75, 3.05) is 26.3 Å². The van der Waals surface area contributed by atoms with Gasteiger partial charge in [0.2, 0.25) is 0 Å². The maximum absolute atomic E-state index is 11.7. The fraction of sp³-hybridized carbons (Fsp3) is 0.778. The van der Waals surface area contributed by atoms with E-state index in [0.717, 1.165) is 5.82 Å². The van der Waals surface area contributed by atoms with Gasteiger partial charge in [-0.25, -0.2) is 0 Å². The molecule has 0 amide bonds. The van der Waals surface area contributed by atoms with Crippen molar-refractivity contribution in [1.82, 2.24) is 20.1 Å². The molecule has 1 heterocycles. The van der Waals surface area contributed by atoms with E-state index in [1.54, 1.807) is 10.9 Å². The zero-order chi connectivity index (χ0) is 12.7. The molecule has 0 fully saturated rings. The van der Waals surface area contributed by atoms with Gasteiger partial charge in [-0.2, -0.15) is 13.2 Å². The Kier molecular flexibility index (Phi) is 5.36. The first kappa shape index (κ1) is 13.9. The molecule has 0 aliphatic heterocycles. The Morgan fingerprint density at radius 1 is 1.41 bits per heavy atom. The van der Waals surface area contributed by atoms with Crippen LogP contribution in [-0.2, 0) is 18.2 Å². The molecule has 8 heteroatoms. The lowest BCUT2D eigenvalue weighted by molar-refractivity contribution is -0.173. The Bertz CT molecular complexity index is 326. The van der Waals surface area contributed by atoms with E-state index in [1.807, 2.05) is 7.05 Å². The number of aryl methyl sites for hydroxylation is 1. The molecule has 0 saturated heterocycles. The summed E-state index contributed by atoms with van der Waals surface area (Å²) in [6.45, 7) is -0.147. The molecular formula is C9H15F3N4O. The summed E-state index contributed by atoms with van der Waals surface area (Å²) in [6, 6.07) is 0. The van der Waals surface area contributed by atoms with Crippen molar-refractivity contribution in [2.45, 2.75) is 12.6 Å². The predicted molar refractivity (Wildman–Crippen MR) is 54.5 cm³/mol. The maximum atomic E-state index is 11.7. The molecule has 0 spiro atoms. The van der Waals surface area contributed by atoms with Crippen LogP contribution in [0.3, 0.4) is 0 Å². The van der Waals surface area contributed by atoms with Crippen molar-refractivity contribution in [3.8, 4) is 0 Å². The van der Waals surface area contributed by atoms with Crippen LogP contribution in [0, 0.1) is 0 Å². The largest absolute Gasteiger partial charge is 0.411 e. The van der Waals surface area contributed by atoms with Gasteiger partial charge in [-0.3, -0.25) is 0 Å². The lowest BCUT2D eigenvalue weighted by atomic mass is 10.4. The first-order chi connectivity index (χ1) is 7.99. The number of aromatic nitrogens is 3. The number of halogens is 3. The second kappa shape index (κ2) is 6.55. The minimum absolute atomic E-state index is 0.0400. The Balaban J connectivity index is 1.97. The molecule has 0 saturated carbocycles. The molecule has 0 unspecified atom stereocenters. The molecule has 0 aromatic carbocycles. The summed E-state index contributed by atoms with van der Waals surface area (Å²) in [5, 5.41) is 10.6. The summed E-state index contributed by atoms with van der Waals surface area (Å²) >= 11 is 0. The first-order valence-corrected chi connectivity index (χ1v) is 5.17. The number of hydrogen-bond acceptors (Lipinski definition) is 4. The summed E-state index contributed by atoms with van der Waals surface area (Å²) in [4.78, 5) is 0. The number of alkyl halides is 3. The highest BCUT2D eigenvalue weighted by atomic mass is 19.4. The second-order valence-corrected chi connectivity index (χ2v) is 3.53. The number of nitrogens with zero attached hydrogens (tertiary/aromatic N) is 3. The van der Waals surface area contributed by atoms with Crippen LogP contribution in [0.4, 0.5) is 13.2 Å². The van der Waals surface area contributed by atoms with Gasteiger partial charge in [0.1, 0.15) is 18.8 Å². The van der Waals surface area contributed by atoms with Gasteiger partial charge in [-0.1, -0.05) is 0 Å². The van der Waals surface area contributed by atoms with E-state index in [-0.39, 0.29) is 6.61 Å². The van der Waals surface area contributed by atoms with Crippen LogP contribution >= 0.6 is 0 Å². The third-order valence-electron chi connectivity index (χ3n) is 2.02. The minimum atomic E-state index is -4.25. The summed E-state index contributed by atoms with van der Waals surface area (Å²) in [5.41, 5.74) is 0. The van der Waals surface area contributed by atoms with E-state index < -0.39 is 12.8 Å². The normalized spacial score (nSPS) is 12.0. The Hall–Kier alpha value is -1.15. The number of ether oxygens (including phenoxy) is 1. The predicted octanol–water partition coefficient (Wildman–Crippen LogP) is 0.526. The van der Waals surface area contributed by atoms with Crippen LogP contribution in [0.25, 0.3) is 0 Å². The summed E-state index contributed by atoms with van der Waals surface area (Å²) in [5.74, 6) is 0.828. The summed E-state index contributed by atoms with van der Waals surface area (Å²) in [7, 11) is 1.84. The molecular weight excluding hydrogens is 237 g/mol. The summed E-state index contributed by atoms with van der Waals surface area (Å²) < 4.78 is 41.3. The van der Waals surface area contributed by atoms with Gasteiger partial charge >= 0.3 is 6.18 Å². The molecule has 1 aromatic heterocycles. The highest BCUT2D eigenvalue weighted by Crippen LogP contribution is 2.13. The third kappa shape index (κ3) is 6.22. The van der Waals surface area contributed by atoms with Gasteiger partial charge in [0.25, 0.3) is 0 Å².